The quantitative estimate of drug-likeness (QED) is 0.222. The molecule has 162 valence electrons. The van der Waals surface area contributed by atoms with Gasteiger partial charge in [-0.2, -0.15) is 0 Å². The highest BCUT2D eigenvalue weighted by Gasteiger charge is 2.21. The molecule has 0 aliphatic rings. The molecule has 1 N–H and O–H groups in total. The number of rotatable bonds is 8. The Hall–Kier alpha value is -2.91. The molecule has 0 aliphatic carbocycles. The monoisotopic (exact) mass is 460 g/mol. The Morgan fingerprint density at radius 2 is 2.06 bits per heavy atom. The minimum atomic E-state index is -0.628. The fraction of sp³-hybridized carbons (Fsp3) is 0.286. The highest BCUT2D eigenvalue weighted by molar-refractivity contribution is 8.00. The number of fused-ring (bicyclic) bond motifs is 1. The third-order valence-corrected chi connectivity index (χ3v) is 6.05. The molecule has 1 atom stereocenters. The van der Waals surface area contributed by atoms with Gasteiger partial charge in [0, 0.05) is 18.7 Å². The van der Waals surface area contributed by atoms with E-state index in [0.29, 0.717) is 22.6 Å². The number of carbonyl (C=O) groups is 1. The van der Waals surface area contributed by atoms with Crippen molar-refractivity contribution in [3.8, 4) is 0 Å². The first kappa shape index (κ1) is 22.8. The number of para-hydroxylation sites is 1. The number of halogens is 1. The summed E-state index contributed by atoms with van der Waals surface area (Å²) < 4.78 is 1.60. The lowest BCUT2D eigenvalue weighted by molar-refractivity contribution is -0.384. The van der Waals surface area contributed by atoms with Crippen molar-refractivity contribution in [2.24, 2.45) is 0 Å². The fourth-order valence-corrected chi connectivity index (χ4v) is 4.02. The number of amides is 1. The molecule has 0 bridgehead atoms. The van der Waals surface area contributed by atoms with Gasteiger partial charge in [0.05, 0.1) is 31.8 Å². The standard InChI is InChI=1S/C21H21ClN4O4S/c1-3-4-11-25-20(28)15-7-5-6-8-17(15)24-21(25)31-13(2)19(27)23-18-12-14(26(29)30)9-10-16(18)22/h5-10,12-13H,3-4,11H2,1-2H3,(H,23,27). The van der Waals surface area contributed by atoms with E-state index >= 15 is 0 Å². The molecule has 31 heavy (non-hydrogen) atoms. The second kappa shape index (κ2) is 9.93. The molecule has 0 fully saturated rings. The molecule has 3 rings (SSSR count). The number of unbranched alkanes of at least 4 members (excludes halogenated alkanes) is 1. The van der Waals surface area contributed by atoms with Gasteiger partial charge in [0.15, 0.2) is 5.16 Å². The maximum atomic E-state index is 13.0. The van der Waals surface area contributed by atoms with Gasteiger partial charge in [-0.1, -0.05) is 48.8 Å². The molecule has 0 saturated carbocycles. The summed E-state index contributed by atoms with van der Waals surface area (Å²) >= 11 is 7.23. The van der Waals surface area contributed by atoms with Gasteiger partial charge < -0.3 is 5.32 Å². The summed E-state index contributed by atoms with van der Waals surface area (Å²) in [5, 5.41) is 14.2. The van der Waals surface area contributed by atoms with Gasteiger partial charge in [0.25, 0.3) is 11.2 Å². The lowest BCUT2D eigenvalue weighted by atomic mass is 10.2. The van der Waals surface area contributed by atoms with Crippen LogP contribution >= 0.6 is 23.4 Å². The average Bonchev–Trinajstić information content (AvgIpc) is 2.74. The van der Waals surface area contributed by atoms with Gasteiger partial charge >= 0.3 is 0 Å². The van der Waals surface area contributed by atoms with Crippen LogP contribution in [0.2, 0.25) is 5.02 Å². The molecule has 1 aromatic heterocycles. The van der Waals surface area contributed by atoms with E-state index in [-0.39, 0.29) is 22.0 Å². The lowest BCUT2D eigenvalue weighted by Gasteiger charge is -2.16. The molecule has 1 unspecified atom stereocenters. The minimum Gasteiger partial charge on any atom is -0.324 e. The number of anilines is 1. The van der Waals surface area contributed by atoms with Crippen LogP contribution in [-0.2, 0) is 11.3 Å². The van der Waals surface area contributed by atoms with Crippen LogP contribution in [0.5, 0.6) is 0 Å². The van der Waals surface area contributed by atoms with Crippen LogP contribution in [0.4, 0.5) is 11.4 Å². The Morgan fingerprint density at radius 3 is 2.77 bits per heavy atom. The first-order valence-corrected chi connectivity index (χ1v) is 11.0. The summed E-state index contributed by atoms with van der Waals surface area (Å²) in [4.78, 5) is 40.8. The van der Waals surface area contributed by atoms with Crippen LogP contribution in [-0.4, -0.2) is 25.6 Å². The first-order chi connectivity index (χ1) is 14.8. The van der Waals surface area contributed by atoms with Crippen molar-refractivity contribution in [3.63, 3.8) is 0 Å². The Labute approximate surface area is 187 Å². The number of carbonyl (C=O) groups excluding carboxylic acids is 1. The first-order valence-electron chi connectivity index (χ1n) is 9.72. The summed E-state index contributed by atoms with van der Waals surface area (Å²) in [6, 6.07) is 10.9. The third-order valence-electron chi connectivity index (χ3n) is 4.63. The van der Waals surface area contributed by atoms with E-state index in [1.807, 2.05) is 6.92 Å². The van der Waals surface area contributed by atoms with E-state index in [1.54, 1.807) is 35.8 Å². The highest BCUT2D eigenvalue weighted by Crippen LogP contribution is 2.29. The summed E-state index contributed by atoms with van der Waals surface area (Å²) in [6.07, 6.45) is 1.71. The zero-order valence-corrected chi connectivity index (χ0v) is 18.6. The third kappa shape index (κ3) is 5.23. The number of nitrogens with one attached hydrogen (secondary N) is 1. The minimum absolute atomic E-state index is 0.143. The van der Waals surface area contributed by atoms with E-state index in [2.05, 4.69) is 10.3 Å². The zero-order valence-electron chi connectivity index (χ0n) is 17.0. The highest BCUT2D eigenvalue weighted by atomic mass is 35.5. The van der Waals surface area contributed by atoms with Gasteiger partial charge in [-0.25, -0.2) is 4.98 Å². The van der Waals surface area contributed by atoms with Gasteiger partial charge in [-0.15, -0.1) is 0 Å². The predicted molar refractivity (Wildman–Crippen MR) is 123 cm³/mol. The van der Waals surface area contributed by atoms with Crippen molar-refractivity contribution in [2.45, 2.75) is 43.6 Å². The summed E-state index contributed by atoms with van der Waals surface area (Å²) in [5.74, 6) is -0.406. The van der Waals surface area contributed by atoms with Crippen molar-refractivity contribution in [1.82, 2.24) is 9.55 Å². The number of nitro groups is 1. The van der Waals surface area contributed by atoms with Crippen molar-refractivity contribution in [3.05, 3.63) is 68.0 Å². The Bertz CT molecular complexity index is 1200. The van der Waals surface area contributed by atoms with Crippen LogP contribution in [0, 0.1) is 10.1 Å². The van der Waals surface area contributed by atoms with Gasteiger partial charge in [-0.3, -0.25) is 24.3 Å². The molecule has 3 aromatic rings. The number of hydrogen-bond donors (Lipinski definition) is 1. The summed E-state index contributed by atoms with van der Waals surface area (Å²) in [7, 11) is 0. The van der Waals surface area contributed by atoms with Crippen molar-refractivity contribution in [2.75, 3.05) is 5.32 Å². The molecule has 2 aromatic carbocycles. The van der Waals surface area contributed by atoms with Crippen LogP contribution in [0.15, 0.2) is 52.4 Å². The maximum Gasteiger partial charge on any atom is 0.271 e. The number of nitrogens with zero attached hydrogens (tertiary/aromatic N) is 3. The second-order valence-electron chi connectivity index (χ2n) is 6.89. The van der Waals surface area contributed by atoms with Gasteiger partial charge in [0.1, 0.15) is 0 Å². The van der Waals surface area contributed by atoms with Crippen molar-refractivity contribution >= 4 is 51.5 Å². The number of hydrogen-bond acceptors (Lipinski definition) is 6. The molecule has 0 aliphatic heterocycles. The normalized spacial score (nSPS) is 12.0. The molecule has 8 nitrogen and oxygen atoms in total. The molecular weight excluding hydrogens is 440 g/mol. The van der Waals surface area contributed by atoms with E-state index in [9.17, 15) is 19.7 Å². The summed E-state index contributed by atoms with van der Waals surface area (Å²) in [6.45, 7) is 4.21. The fourth-order valence-electron chi connectivity index (χ4n) is 2.92. The number of non-ortho nitro benzene ring substituents is 1. The van der Waals surface area contributed by atoms with E-state index in [1.165, 1.54) is 18.2 Å². The van der Waals surface area contributed by atoms with Gasteiger partial charge in [-0.05, 0) is 31.5 Å². The van der Waals surface area contributed by atoms with Crippen molar-refractivity contribution < 1.29 is 9.72 Å². The lowest BCUT2D eigenvalue weighted by Crippen LogP contribution is -2.27. The Balaban J connectivity index is 1.88. The topological polar surface area (TPSA) is 107 Å². The largest absolute Gasteiger partial charge is 0.324 e. The van der Waals surface area contributed by atoms with Gasteiger partial charge in [0.2, 0.25) is 5.91 Å². The molecule has 0 spiro atoms. The number of benzene rings is 2. The predicted octanol–water partition coefficient (Wildman–Crippen LogP) is 4.88. The van der Waals surface area contributed by atoms with Crippen molar-refractivity contribution in [1.29, 1.82) is 0 Å². The molecule has 1 amide bonds. The molecule has 0 radical (unpaired) electrons. The number of aromatic nitrogens is 2. The van der Waals surface area contributed by atoms with E-state index < -0.39 is 16.1 Å². The second-order valence-corrected chi connectivity index (χ2v) is 8.61. The maximum absolute atomic E-state index is 13.0. The number of thioether (sulfide) groups is 1. The average molecular weight is 461 g/mol. The summed E-state index contributed by atoms with van der Waals surface area (Å²) in [5.41, 5.74) is 0.403. The van der Waals surface area contributed by atoms with Crippen LogP contribution in [0.1, 0.15) is 26.7 Å². The number of nitro benzene ring substituents is 1. The van der Waals surface area contributed by atoms with E-state index in [4.69, 9.17) is 11.6 Å². The van der Waals surface area contributed by atoms with Crippen LogP contribution in [0.25, 0.3) is 10.9 Å². The Morgan fingerprint density at radius 1 is 1.32 bits per heavy atom. The zero-order chi connectivity index (χ0) is 22.5. The molecule has 0 saturated heterocycles. The molecule has 10 heteroatoms. The Kier molecular flexibility index (Phi) is 7.29. The molecular formula is C21H21ClN4O4S. The SMILES string of the molecule is CCCCn1c(SC(C)C(=O)Nc2cc([N+](=O)[O-])ccc2Cl)nc2ccccc2c1=O. The van der Waals surface area contributed by atoms with Crippen LogP contribution < -0.4 is 10.9 Å². The smallest absolute Gasteiger partial charge is 0.271 e. The molecule has 1 heterocycles. The van der Waals surface area contributed by atoms with Crippen LogP contribution in [0.3, 0.4) is 0 Å². The van der Waals surface area contributed by atoms with E-state index in [0.717, 1.165) is 24.6 Å².